The van der Waals surface area contributed by atoms with Crippen LogP contribution in [0.3, 0.4) is 0 Å². The number of thiazole rings is 1. The molecular formula is C13H13NOS. The van der Waals surface area contributed by atoms with Crippen molar-refractivity contribution < 1.29 is 4.74 Å². The summed E-state index contributed by atoms with van der Waals surface area (Å²) in [5, 5.41) is 1.29. The summed E-state index contributed by atoms with van der Waals surface area (Å²) in [6.07, 6.45) is 4.60. The van der Waals surface area contributed by atoms with Crippen LogP contribution in [-0.4, -0.2) is 12.1 Å². The van der Waals surface area contributed by atoms with E-state index >= 15 is 0 Å². The molecule has 0 aliphatic heterocycles. The number of ether oxygens (including phenoxy) is 1. The average Bonchev–Trinajstić information content (AvgIpc) is 3.07. The number of hydrogen-bond acceptors (Lipinski definition) is 3. The molecule has 2 nitrogen and oxygen atoms in total. The molecule has 16 heavy (non-hydrogen) atoms. The van der Waals surface area contributed by atoms with Gasteiger partial charge in [0.25, 0.3) is 0 Å². The molecular weight excluding hydrogens is 218 g/mol. The molecule has 1 aliphatic carbocycles. The lowest BCUT2D eigenvalue weighted by Gasteiger charge is -2.01. The molecule has 0 bridgehead atoms. The molecule has 1 heterocycles. The summed E-state index contributed by atoms with van der Waals surface area (Å²) >= 11 is 1.81. The molecule has 0 spiro atoms. The fourth-order valence-electron chi connectivity index (χ4n) is 1.72. The molecule has 1 aliphatic rings. The molecule has 2 aromatic rings. The van der Waals surface area contributed by atoms with E-state index < -0.39 is 0 Å². The van der Waals surface area contributed by atoms with Gasteiger partial charge in [0, 0.05) is 12.1 Å². The van der Waals surface area contributed by atoms with Gasteiger partial charge in [0.1, 0.15) is 5.75 Å². The Morgan fingerprint density at radius 3 is 3.00 bits per heavy atom. The number of rotatable bonds is 3. The van der Waals surface area contributed by atoms with E-state index in [2.05, 4.69) is 17.1 Å². The van der Waals surface area contributed by atoms with Crippen LogP contribution in [0.4, 0.5) is 0 Å². The predicted molar refractivity (Wildman–Crippen MR) is 66.1 cm³/mol. The number of methoxy groups -OCH3 is 1. The Morgan fingerprint density at radius 1 is 1.38 bits per heavy atom. The maximum Gasteiger partial charge on any atom is 0.119 e. The van der Waals surface area contributed by atoms with Crippen LogP contribution in [0.2, 0.25) is 0 Å². The highest BCUT2D eigenvalue weighted by molar-refractivity contribution is 7.15. The first kappa shape index (κ1) is 9.85. The summed E-state index contributed by atoms with van der Waals surface area (Å²) in [6.45, 7) is 0. The van der Waals surface area contributed by atoms with Gasteiger partial charge in [-0.2, -0.15) is 0 Å². The van der Waals surface area contributed by atoms with Gasteiger partial charge in [-0.1, -0.05) is 12.1 Å². The monoisotopic (exact) mass is 231 g/mol. The van der Waals surface area contributed by atoms with Crippen molar-refractivity contribution >= 4 is 11.3 Å². The Morgan fingerprint density at radius 2 is 2.25 bits per heavy atom. The van der Waals surface area contributed by atoms with Gasteiger partial charge in [-0.25, -0.2) is 4.98 Å². The highest BCUT2D eigenvalue weighted by Gasteiger charge is 2.26. The third-order valence-electron chi connectivity index (χ3n) is 2.80. The second-order valence-corrected chi connectivity index (χ2v) is 5.13. The third-order valence-corrected chi connectivity index (χ3v) is 4.01. The van der Waals surface area contributed by atoms with Crippen LogP contribution >= 0.6 is 11.3 Å². The third kappa shape index (κ3) is 1.83. The summed E-state index contributed by atoms with van der Waals surface area (Å²) in [4.78, 5) is 5.72. The normalized spacial score (nSPS) is 15.1. The second-order valence-electron chi connectivity index (χ2n) is 4.07. The molecule has 0 unspecified atom stereocenters. The number of benzene rings is 1. The van der Waals surface area contributed by atoms with Gasteiger partial charge < -0.3 is 4.74 Å². The van der Waals surface area contributed by atoms with Crippen LogP contribution in [0.15, 0.2) is 30.5 Å². The molecule has 0 N–H and O–H groups in total. The molecule has 1 saturated carbocycles. The summed E-state index contributed by atoms with van der Waals surface area (Å²) in [5.41, 5.74) is 1.20. The first-order valence-electron chi connectivity index (χ1n) is 5.47. The fraction of sp³-hybridized carbons (Fsp3) is 0.308. The molecule has 82 valence electrons. The average molecular weight is 231 g/mol. The molecule has 0 atom stereocenters. The van der Waals surface area contributed by atoms with E-state index in [1.54, 1.807) is 7.11 Å². The van der Waals surface area contributed by atoms with Gasteiger partial charge in [0.15, 0.2) is 0 Å². The second kappa shape index (κ2) is 3.91. The Hall–Kier alpha value is -1.35. The predicted octanol–water partition coefficient (Wildman–Crippen LogP) is 3.70. The van der Waals surface area contributed by atoms with Crippen LogP contribution in [0.5, 0.6) is 5.75 Å². The minimum atomic E-state index is 0.740. The summed E-state index contributed by atoms with van der Waals surface area (Å²) in [5.74, 6) is 1.64. The van der Waals surface area contributed by atoms with E-state index in [1.165, 1.54) is 28.3 Å². The van der Waals surface area contributed by atoms with Crippen LogP contribution in [0.25, 0.3) is 10.4 Å². The van der Waals surface area contributed by atoms with E-state index in [0.29, 0.717) is 0 Å². The molecule has 0 amide bonds. The van der Waals surface area contributed by atoms with Crippen LogP contribution in [-0.2, 0) is 0 Å². The molecule has 3 heteroatoms. The zero-order valence-electron chi connectivity index (χ0n) is 9.14. The molecule has 1 aromatic heterocycles. The highest BCUT2D eigenvalue weighted by atomic mass is 32.1. The molecule has 0 saturated heterocycles. The van der Waals surface area contributed by atoms with Crippen LogP contribution in [0, 0.1) is 0 Å². The van der Waals surface area contributed by atoms with Crippen LogP contribution in [0.1, 0.15) is 23.8 Å². The van der Waals surface area contributed by atoms with Gasteiger partial charge in [-0.15, -0.1) is 11.3 Å². The maximum atomic E-state index is 5.23. The zero-order valence-corrected chi connectivity index (χ0v) is 9.96. The van der Waals surface area contributed by atoms with Crippen molar-refractivity contribution in [3.05, 3.63) is 35.5 Å². The van der Waals surface area contributed by atoms with Gasteiger partial charge in [-0.3, -0.25) is 0 Å². The Labute approximate surface area is 98.9 Å². The summed E-state index contributed by atoms with van der Waals surface area (Å²) in [6, 6.07) is 8.15. The minimum Gasteiger partial charge on any atom is -0.497 e. The Balaban J connectivity index is 1.93. The quantitative estimate of drug-likeness (QED) is 0.803. The van der Waals surface area contributed by atoms with Crippen molar-refractivity contribution in [3.63, 3.8) is 0 Å². The lowest BCUT2D eigenvalue weighted by Crippen LogP contribution is -1.81. The topological polar surface area (TPSA) is 22.1 Å². The van der Waals surface area contributed by atoms with E-state index in [4.69, 9.17) is 4.74 Å². The fourth-order valence-corrected chi connectivity index (χ4v) is 2.80. The van der Waals surface area contributed by atoms with Crippen molar-refractivity contribution in [2.24, 2.45) is 0 Å². The highest BCUT2D eigenvalue weighted by Crippen LogP contribution is 2.43. The number of nitrogens with zero attached hydrogens (tertiary/aromatic N) is 1. The summed E-state index contributed by atoms with van der Waals surface area (Å²) in [7, 11) is 1.70. The summed E-state index contributed by atoms with van der Waals surface area (Å²) < 4.78 is 5.23. The van der Waals surface area contributed by atoms with Crippen molar-refractivity contribution in [3.8, 4) is 16.2 Å². The standard InChI is InChI=1S/C13H13NOS/c1-15-11-4-2-3-10(7-11)12-8-14-13(16-12)9-5-6-9/h2-4,7-9H,5-6H2,1H3. The van der Waals surface area contributed by atoms with Gasteiger partial charge in [0.2, 0.25) is 0 Å². The van der Waals surface area contributed by atoms with E-state index in [1.807, 2.05) is 29.7 Å². The van der Waals surface area contributed by atoms with Crippen molar-refractivity contribution in [2.45, 2.75) is 18.8 Å². The number of hydrogen-bond donors (Lipinski definition) is 0. The van der Waals surface area contributed by atoms with Crippen molar-refractivity contribution in [2.75, 3.05) is 7.11 Å². The lowest BCUT2D eigenvalue weighted by atomic mass is 10.2. The molecule has 1 fully saturated rings. The van der Waals surface area contributed by atoms with Crippen LogP contribution < -0.4 is 4.74 Å². The SMILES string of the molecule is COc1cccc(-c2cnc(C3CC3)s2)c1. The maximum absolute atomic E-state index is 5.23. The molecule has 1 aromatic carbocycles. The van der Waals surface area contributed by atoms with Gasteiger partial charge >= 0.3 is 0 Å². The van der Waals surface area contributed by atoms with Crippen molar-refractivity contribution in [1.29, 1.82) is 0 Å². The van der Waals surface area contributed by atoms with E-state index in [-0.39, 0.29) is 0 Å². The van der Waals surface area contributed by atoms with E-state index in [9.17, 15) is 0 Å². The lowest BCUT2D eigenvalue weighted by molar-refractivity contribution is 0.415. The Bertz CT molecular complexity index is 502. The minimum absolute atomic E-state index is 0.740. The van der Waals surface area contributed by atoms with Gasteiger partial charge in [0.05, 0.1) is 17.0 Å². The smallest absolute Gasteiger partial charge is 0.119 e. The Kier molecular flexibility index (Phi) is 2.40. The van der Waals surface area contributed by atoms with E-state index in [0.717, 1.165) is 11.7 Å². The first-order valence-corrected chi connectivity index (χ1v) is 6.28. The number of aromatic nitrogens is 1. The zero-order chi connectivity index (χ0) is 11.0. The first-order chi connectivity index (χ1) is 7.86. The largest absolute Gasteiger partial charge is 0.497 e. The molecule has 0 radical (unpaired) electrons. The van der Waals surface area contributed by atoms with Gasteiger partial charge in [-0.05, 0) is 30.5 Å². The molecule has 3 rings (SSSR count). The van der Waals surface area contributed by atoms with Crippen molar-refractivity contribution in [1.82, 2.24) is 4.98 Å².